The number of hydrogen-bond acceptors (Lipinski definition) is 5. The third-order valence-corrected chi connectivity index (χ3v) is 4.17. The maximum absolute atomic E-state index is 12.1. The van der Waals surface area contributed by atoms with E-state index in [1.54, 1.807) is 18.6 Å². The number of ether oxygens (including phenoxy) is 2. The standard InChI is InChI=1S/C16H23N3O3/c1-12(2)7-15(20)19-10-16(11-19)8-13(3-6-21-16)22-14-9-17-4-5-18-14/h4-5,9,12-13H,3,6-8,10-11H2,1-2H3. The Morgan fingerprint density at radius 3 is 3.00 bits per heavy atom. The molecule has 0 bridgehead atoms. The lowest BCUT2D eigenvalue weighted by molar-refractivity contribution is -0.193. The first kappa shape index (κ1) is 15.2. The molecule has 3 heterocycles. The Hall–Kier alpha value is -1.69. The molecule has 1 atom stereocenters. The molecule has 2 aliphatic heterocycles. The van der Waals surface area contributed by atoms with Gasteiger partial charge in [0.1, 0.15) is 11.7 Å². The van der Waals surface area contributed by atoms with Crippen molar-refractivity contribution in [3.05, 3.63) is 18.6 Å². The summed E-state index contributed by atoms with van der Waals surface area (Å²) in [6.07, 6.45) is 7.21. The van der Waals surface area contributed by atoms with Crippen molar-refractivity contribution in [2.75, 3.05) is 19.7 Å². The highest BCUT2D eigenvalue weighted by atomic mass is 16.5. The van der Waals surface area contributed by atoms with Crippen LogP contribution < -0.4 is 4.74 Å². The first-order chi connectivity index (χ1) is 10.6. The molecule has 120 valence electrons. The Morgan fingerprint density at radius 1 is 1.50 bits per heavy atom. The number of rotatable bonds is 4. The zero-order valence-electron chi connectivity index (χ0n) is 13.2. The van der Waals surface area contributed by atoms with Crippen molar-refractivity contribution in [3.63, 3.8) is 0 Å². The lowest BCUT2D eigenvalue weighted by Gasteiger charge is -2.53. The number of amides is 1. The van der Waals surface area contributed by atoms with Gasteiger partial charge in [0.25, 0.3) is 0 Å². The highest BCUT2D eigenvalue weighted by Crippen LogP contribution is 2.36. The lowest BCUT2D eigenvalue weighted by atomic mass is 9.84. The second kappa shape index (κ2) is 6.20. The van der Waals surface area contributed by atoms with Crippen molar-refractivity contribution in [2.45, 2.75) is 44.8 Å². The molecule has 0 radical (unpaired) electrons. The summed E-state index contributed by atoms with van der Waals surface area (Å²) in [5, 5.41) is 0. The van der Waals surface area contributed by atoms with Gasteiger partial charge in [0.15, 0.2) is 0 Å². The van der Waals surface area contributed by atoms with E-state index in [1.165, 1.54) is 0 Å². The van der Waals surface area contributed by atoms with Crippen LogP contribution in [0.5, 0.6) is 5.88 Å². The molecular weight excluding hydrogens is 282 g/mol. The lowest BCUT2D eigenvalue weighted by Crippen LogP contribution is -2.67. The van der Waals surface area contributed by atoms with Crippen molar-refractivity contribution >= 4 is 5.91 Å². The molecule has 3 rings (SSSR count). The van der Waals surface area contributed by atoms with Crippen LogP contribution >= 0.6 is 0 Å². The van der Waals surface area contributed by atoms with Crippen LogP contribution in [-0.4, -0.2) is 52.2 Å². The zero-order valence-corrected chi connectivity index (χ0v) is 13.2. The van der Waals surface area contributed by atoms with Gasteiger partial charge in [0, 0.05) is 31.7 Å². The van der Waals surface area contributed by atoms with Crippen molar-refractivity contribution in [3.8, 4) is 5.88 Å². The van der Waals surface area contributed by atoms with E-state index in [4.69, 9.17) is 9.47 Å². The van der Waals surface area contributed by atoms with E-state index in [0.717, 1.165) is 12.8 Å². The first-order valence-corrected chi connectivity index (χ1v) is 7.91. The molecule has 2 aliphatic rings. The van der Waals surface area contributed by atoms with Gasteiger partial charge in [-0.25, -0.2) is 4.98 Å². The summed E-state index contributed by atoms with van der Waals surface area (Å²) < 4.78 is 11.8. The average molecular weight is 305 g/mol. The summed E-state index contributed by atoms with van der Waals surface area (Å²) in [4.78, 5) is 22.1. The summed E-state index contributed by atoms with van der Waals surface area (Å²) in [5.74, 6) is 1.17. The largest absolute Gasteiger partial charge is 0.473 e. The second-order valence-electron chi connectivity index (χ2n) is 6.66. The molecule has 1 spiro atoms. The SMILES string of the molecule is CC(C)CC(=O)N1CC2(CC(Oc3cnccn3)CCO2)C1. The minimum atomic E-state index is -0.224. The van der Waals surface area contributed by atoms with Crippen molar-refractivity contribution in [1.29, 1.82) is 0 Å². The highest BCUT2D eigenvalue weighted by molar-refractivity contribution is 5.77. The summed E-state index contributed by atoms with van der Waals surface area (Å²) >= 11 is 0. The molecule has 1 aromatic rings. The Kier molecular flexibility index (Phi) is 4.29. The van der Waals surface area contributed by atoms with Gasteiger partial charge < -0.3 is 14.4 Å². The van der Waals surface area contributed by atoms with Gasteiger partial charge in [-0.2, -0.15) is 0 Å². The zero-order chi connectivity index (χ0) is 15.6. The quantitative estimate of drug-likeness (QED) is 0.846. The second-order valence-corrected chi connectivity index (χ2v) is 6.66. The van der Waals surface area contributed by atoms with E-state index >= 15 is 0 Å². The Bertz CT molecular complexity index is 515. The average Bonchev–Trinajstić information content (AvgIpc) is 2.45. The first-order valence-electron chi connectivity index (χ1n) is 7.91. The molecule has 6 nitrogen and oxygen atoms in total. The number of hydrogen-bond donors (Lipinski definition) is 0. The molecule has 1 unspecified atom stereocenters. The fourth-order valence-corrected chi connectivity index (χ4v) is 3.12. The summed E-state index contributed by atoms with van der Waals surface area (Å²) in [7, 11) is 0. The van der Waals surface area contributed by atoms with Gasteiger partial charge in [-0.15, -0.1) is 0 Å². The molecule has 0 aliphatic carbocycles. The van der Waals surface area contributed by atoms with Crippen molar-refractivity contribution in [1.82, 2.24) is 14.9 Å². The van der Waals surface area contributed by atoms with E-state index in [-0.39, 0.29) is 17.6 Å². The van der Waals surface area contributed by atoms with Crippen LogP contribution in [0.2, 0.25) is 0 Å². The van der Waals surface area contributed by atoms with Gasteiger partial charge in [-0.05, 0) is 5.92 Å². The Balaban J connectivity index is 1.53. The van der Waals surface area contributed by atoms with Crippen LogP contribution in [0.25, 0.3) is 0 Å². The van der Waals surface area contributed by atoms with Crippen LogP contribution in [0.4, 0.5) is 0 Å². The number of aromatic nitrogens is 2. The smallest absolute Gasteiger partial charge is 0.232 e. The number of likely N-dealkylation sites (tertiary alicyclic amines) is 1. The molecule has 2 fully saturated rings. The van der Waals surface area contributed by atoms with Gasteiger partial charge in [-0.1, -0.05) is 13.8 Å². The van der Waals surface area contributed by atoms with Crippen molar-refractivity contribution in [2.24, 2.45) is 5.92 Å². The molecule has 22 heavy (non-hydrogen) atoms. The topological polar surface area (TPSA) is 64.6 Å². The van der Waals surface area contributed by atoms with Gasteiger partial charge in [-0.3, -0.25) is 9.78 Å². The number of nitrogens with zero attached hydrogens (tertiary/aromatic N) is 3. The molecule has 1 aromatic heterocycles. The maximum atomic E-state index is 12.1. The van der Waals surface area contributed by atoms with Crippen LogP contribution in [0, 0.1) is 5.92 Å². The molecule has 2 saturated heterocycles. The fourth-order valence-electron chi connectivity index (χ4n) is 3.12. The predicted molar refractivity (Wildman–Crippen MR) is 80.4 cm³/mol. The summed E-state index contributed by atoms with van der Waals surface area (Å²) in [5.41, 5.74) is -0.224. The Labute approximate surface area is 130 Å². The van der Waals surface area contributed by atoms with E-state index in [2.05, 4.69) is 23.8 Å². The van der Waals surface area contributed by atoms with E-state index in [9.17, 15) is 4.79 Å². The molecule has 0 N–H and O–H groups in total. The Morgan fingerprint density at radius 2 is 2.32 bits per heavy atom. The van der Waals surface area contributed by atoms with Gasteiger partial charge in [0.05, 0.1) is 25.9 Å². The van der Waals surface area contributed by atoms with E-state index in [1.807, 2.05) is 4.90 Å². The van der Waals surface area contributed by atoms with E-state index < -0.39 is 0 Å². The molecule has 6 heteroatoms. The van der Waals surface area contributed by atoms with E-state index in [0.29, 0.717) is 37.9 Å². The molecule has 0 aromatic carbocycles. The monoisotopic (exact) mass is 305 g/mol. The molecule has 0 saturated carbocycles. The van der Waals surface area contributed by atoms with Crippen LogP contribution in [0.1, 0.15) is 33.1 Å². The fraction of sp³-hybridized carbons (Fsp3) is 0.688. The van der Waals surface area contributed by atoms with Crippen LogP contribution in [0.3, 0.4) is 0 Å². The minimum Gasteiger partial charge on any atom is -0.473 e. The highest BCUT2D eigenvalue weighted by Gasteiger charge is 2.49. The van der Waals surface area contributed by atoms with Crippen molar-refractivity contribution < 1.29 is 14.3 Å². The van der Waals surface area contributed by atoms with Gasteiger partial charge >= 0.3 is 0 Å². The third-order valence-electron chi connectivity index (χ3n) is 4.17. The summed E-state index contributed by atoms with van der Waals surface area (Å²) in [6.45, 7) is 6.15. The molecular formula is C16H23N3O3. The molecule has 1 amide bonds. The maximum Gasteiger partial charge on any atom is 0.232 e. The third kappa shape index (κ3) is 3.38. The minimum absolute atomic E-state index is 0.0767. The van der Waals surface area contributed by atoms with Gasteiger partial charge in [0.2, 0.25) is 11.8 Å². The predicted octanol–water partition coefficient (Wildman–Crippen LogP) is 1.66. The van der Waals surface area contributed by atoms with Crippen LogP contribution in [0.15, 0.2) is 18.6 Å². The number of carbonyl (C=O) groups is 1. The number of carbonyl (C=O) groups excluding carboxylic acids is 1. The normalized spacial score (nSPS) is 23.4. The van der Waals surface area contributed by atoms with Crippen LogP contribution in [-0.2, 0) is 9.53 Å². The summed E-state index contributed by atoms with van der Waals surface area (Å²) in [6, 6.07) is 0.